The molecule has 0 radical (unpaired) electrons. The minimum Gasteiger partial charge on any atom is -0.342 e. The van der Waals surface area contributed by atoms with Crippen molar-refractivity contribution in [1.29, 1.82) is 0 Å². The molecule has 0 N–H and O–H groups in total. The molecule has 2 aromatic carbocycles. The van der Waals surface area contributed by atoms with Crippen LogP contribution in [0.3, 0.4) is 0 Å². The Bertz CT molecular complexity index is 1130. The Hall–Kier alpha value is -2.99. The van der Waals surface area contributed by atoms with Crippen molar-refractivity contribution < 1.29 is 9.18 Å². The highest BCUT2D eigenvalue weighted by atomic mass is 19.1. The van der Waals surface area contributed by atoms with Gasteiger partial charge in [0.15, 0.2) is 0 Å². The average Bonchev–Trinajstić information content (AvgIpc) is 3.41. The van der Waals surface area contributed by atoms with Gasteiger partial charge in [0.2, 0.25) is 5.91 Å². The van der Waals surface area contributed by atoms with Crippen molar-refractivity contribution in [3.63, 3.8) is 0 Å². The Morgan fingerprint density at radius 2 is 1.88 bits per heavy atom. The molecule has 0 unspecified atom stereocenters. The molecule has 0 spiro atoms. The third-order valence-corrected chi connectivity index (χ3v) is 6.91. The van der Waals surface area contributed by atoms with Gasteiger partial charge in [-0.1, -0.05) is 24.3 Å². The molecule has 2 saturated heterocycles. The first kappa shape index (κ1) is 21.8. The van der Waals surface area contributed by atoms with Crippen molar-refractivity contribution in [3.05, 3.63) is 71.7 Å². The molecular weight excluding hydrogens is 415 g/mol. The van der Waals surface area contributed by atoms with Crippen LogP contribution in [0.2, 0.25) is 0 Å². The zero-order valence-corrected chi connectivity index (χ0v) is 19.2. The molecular formula is C27H31FN4O. The number of hydrogen-bond donors (Lipinski definition) is 0. The molecule has 2 aliphatic rings. The van der Waals surface area contributed by atoms with Crippen LogP contribution in [-0.4, -0.2) is 51.7 Å². The molecule has 172 valence electrons. The number of carbonyl (C=O) groups is 1. The van der Waals surface area contributed by atoms with Gasteiger partial charge >= 0.3 is 0 Å². The van der Waals surface area contributed by atoms with Crippen LogP contribution in [0.1, 0.15) is 36.8 Å². The van der Waals surface area contributed by atoms with Crippen molar-refractivity contribution in [2.24, 2.45) is 5.92 Å². The highest BCUT2D eigenvalue weighted by molar-refractivity contribution is 5.78. The lowest BCUT2D eigenvalue weighted by Crippen LogP contribution is -2.38. The molecule has 6 heteroatoms. The number of benzene rings is 2. The van der Waals surface area contributed by atoms with Crippen LogP contribution < -0.4 is 0 Å². The maximum absolute atomic E-state index is 14.0. The van der Waals surface area contributed by atoms with Crippen molar-refractivity contribution in [3.8, 4) is 16.9 Å². The van der Waals surface area contributed by atoms with Gasteiger partial charge in [0.1, 0.15) is 5.82 Å². The molecule has 3 heterocycles. The number of piperidine rings is 1. The third kappa shape index (κ3) is 5.01. The average molecular weight is 447 g/mol. The summed E-state index contributed by atoms with van der Waals surface area (Å²) in [6.07, 6.45) is 6.01. The van der Waals surface area contributed by atoms with E-state index in [0.717, 1.165) is 74.5 Å². The Labute approximate surface area is 194 Å². The number of nitrogens with zero attached hydrogens (tertiary/aromatic N) is 4. The number of aromatic nitrogens is 2. The normalized spacial score (nSPS) is 17.8. The van der Waals surface area contributed by atoms with Crippen LogP contribution in [0.25, 0.3) is 16.9 Å². The summed E-state index contributed by atoms with van der Waals surface area (Å²) in [6, 6.07) is 15.0. The number of halogens is 1. The number of hydrogen-bond acceptors (Lipinski definition) is 3. The molecule has 0 atom stereocenters. The summed E-state index contributed by atoms with van der Waals surface area (Å²) >= 11 is 0. The van der Waals surface area contributed by atoms with Crippen molar-refractivity contribution in [1.82, 2.24) is 19.6 Å². The Kier molecular flexibility index (Phi) is 6.27. The minimum atomic E-state index is -0.249. The quantitative estimate of drug-likeness (QED) is 0.545. The van der Waals surface area contributed by atoms with E-state index in [4.69, 9.17) is 5.10 Å². The van der Waals surface area contributed by atoms with Gasteiger partial charge in [-0.3, -0.25) is 9.69 Å². The molecule has 2 fully saturated rings. The van der Waals surface area contributed by atoms with Crippen LogP contribution >= 0.6 is 0 Å². The fraction of sp³-hybridized carbons (Fsp3) is 0.407. The van der Waals surface area contributed by atoms with E-state index >= 15 is 0 Å². The summed E-state index contributed by atoms with van der Waals surface area (Å²) < 4.78 is 15.9. The van der Waals surface area contributed by atoms with Crippen LogP contribution in [0.15, 0.2) is 54.7 Å². The van der Waals surface area contributed by atoms with E-state index < -0.39 is 0 Å². The van der Waals surface area contributed by atoms with Crippen molar-refractivity contribution in [2.45, 2.75) is 39.2 Å². The van der Waals surface area contributed by atoms with E-state index in [2.05, 4.69) is 30.2 Å². The fourth-order valence-electron chi connectivity index (χ4n) is 5.08. The largest absolute Gasteiger partial charge is 0.342 e. The van der Waals surface area contributed by atoms with Crippen LogP contribution in [0, 0.1) is 18.7 Å². The van der Waals surface area contributed by atoms with Crippen molar-refractivity contribution in [2.75, 3.05) is 26.2 Å². The predicted molar refractivity (Wildman–Crippen MR) is 128 cm³/mol. The zero-order valence-electron chi connectivity index (χ0n) is 19.2. The van der Waals surface area contributed by atoms with Crippen LogP contribution in [-0.2, 0) is 11.3 Å². The lowest BCUT2D eigenvalue weighted by atomic mass is 9.95. The van der Waals surface area contributed by atoms with E-state index in [-0.39, 0.29) is 5.82 Å². The third-order valence-electron chi connectivity index (χ3n) is 6.91. The van der Waals surface area contributed by atoms with Gasteiger partial charge in [-0.25, -0.2) is 9.07 Å². The van der Waals surface area contributed by atoms with E-state index in [1.54, 1.807) is 12.1 Å². The van der Waals surface area contributed by atoms with E-state index in [9.17, 15) is 9.18 Å². The number of carbonyl (C=O) groups excluding carboxylic acids is 1. The second-order valence-electron chi connectivity index (χ2n) is 9.46. The minimum absolute atomic E-state index is 0.249. The molecule has 0 saturated carbocycles. The first-order valence-corrected chi connectivity index (χ1v) is 12.0. The molecule has 1 aromatic heterocycles. The maximum atomic E-state index is 14.0. The lowest BCUT2D eigenvalue weighted by Gasteiger charge is -2.33. The first-order valence-electron chi connectivity index (χ1n) is 12.0. The second kappa shape index (κ2) is 9.48. The Morgan fingerprint density at radius 1 is 1.06 bits per heavy atom. The van der Waals surface area contributed by atoms with Gasteiger partial charge in [0, 0.05) is 43.4 Å². The maximum Gasteiger partial charge on any atom is 0.222 e. The molecule has 0 bridgehead atoms. The Balaban J connectivity index is 1.33. The number of aryl methyl sites for hydroxylation is 1. The number of likely N-dealkylation sites (tertiary alicyclic amines) is 2. The highest BCUT2D eigenvalue weighted by Crippen LogP contribution is 2.28. The van der Waals surface area contributed by atoms with Gasteiger partial charge in [0.05, 0.1) is 11.4 Å². The molecule has 3 aromatic rings. The molecule has 2 aliphatic heterocycles. The molecule has 33 heavy (non-hydrogen) atoms. The zero-order chi connectivity index (χ0) is 22.8. The van der Waals surface area contributed by atoms with Gasteiger partial charge in [-0.05, 0) is 75.0 Å². The fourth-order valence-corrected chi connectivity index (χ4v) is 5.08. The first-order chi connectivity index (χ1) is 16.0. The topological polar surface area (TPSA) is 41.4 Å². The molecule has 0 aliphatic carbocycles. The Morgan fingerprint density at radius 3 is 2.61 bits per heavy atom. The van der Waals surface area contributed by atoms with Gasteiger partial charge in [-0.2, -0.15) is 5.10 Å². The van der Waals surface area contributed by atoms with Gasteiger partial charge < -0.3 is 4.90 Å². The highest BCUT2D eigenvalue weighted by Gasteiger charge is 2.27. The SMILES string of the molecule is Cc1cccc(-n2cc(CN3CCC(CN4CCCC4=O)CC3)c(-c3cccc(F)c3)n2)c1. The second-order valence-corrected chi connectivity index (χ2v) is 9.46. The summed E-state index contributed by atoms with van der Waals surface area (Å²) in [5.74, 6) is 0.655. The van der Waals surface area contributed by atoms with E-state index in [1.165, 1.54) is 11.6 Å². The van der Waals surface area contributed by atoms with E-state index in [1.807, 2.05) is 27.8 Å². The number of rotatable bonds is 6. The van der Waals surface area contributed by atoms with Gasteiger partial charge in [0.25, 0.3) is 0 Å². The predicted octanol–water partition coefficient (Wildman–Crippen LogP) is 4.82. The lowest BCUT2D eigenvalue weighted by molar-refractivity contribution is -0.128. The van der Waals surface area contributed by atoms with E-state index in [0.29, 0.717) is 18.2 Å². The van der Waals surface area contributed by atoms with Crippen molar-refractivity contribution >= 4 is 5.91 Å². The molecule has 5 rings (SSSR count). The smallest absolute Gasteiger partial charge is 0.222 e. The van der Waals surface area contributed by atoms with Crippen LogP contribution in [0.4, 0.5) is 4.39 Å². The summed E-state index contributed by atoms with van der Waals surface area (Å²) in [6.45, 7) is 6.70. The standard InChI is InChI=1S/C27H31FN4O/c1-20-5-2-8-25(15-20)32-19-23(27(29-32)22-6-3-7-24(28)16-22)18-30-13-10-21(11-14-30)17-31-12-4-9-26(31)33/h2-3,5-8,15-16,19,21H,4,9-14,17-18H2,1H3. The monoisotopic (exact) mass is 446 g/mol. The number of amides is 1. The summed E-state index contributed by atoms with van der Waals surface area (Å²) in [4.78, 5) is 16.5. The molecule has 1 amide bonds. The molecule has 5 nitrogen and oxygen atoms in total. The summed E-state index contributed by atoms with van der Waals surface area (Å²) in [7, 11) is 0. The summed E-state index contributed by atoms with van der Waals surface area (Å²) in [5.41, 5.74) is 4.93. The van der Waals surface area contributed by atoms with Gasteiger partial charge in [-0.15, -0.1) is 0 Å². The summed E-state index contributed by atoms with van der Waals surface area (Å²) in [5, 5.41) is 4.87. The van der Waals surface area contributed by atoms with Crippen LogP contribution in [0.5, 0.6) is 0 Å².